The first kappa shape index (κ1) is 41.4. The molecule has 0 fully saturated rings. The summed E-state index contributed by atoms with van der Waals surface area (Å²) in [7, 11) is 0. The maximum Gasteiger partial charge on any atom is 0.269 e. The highest BCUT2D eigenvalue weighted by atomic mass is 16.3. The summed E-state index contributed by atoms with van der Waals surface area (Å²) < 4.78 is 13.2. The zero-order valence-corrected chi connectivity index (χ0v) is 39.3. The van der Waals surface area contributed by atoms with Gasteiger partial charge < -0.3 is 4.42 Å². The molecular formula is C65H48N4O. The molecule has 0 bridgehead atoms. The molecule has 0 atom stereocenters. The van der Waals surface area contributed by atoms with Crippen LogP contribution in [0.25, 0.3) is 105 Å². The van der Waals surface area contributed by atoms with Gasteiger partial charge >= 0.3 is 0 Å². The Labute approximate surface area is 406 Å². The Morgan fingerprint density at radius 3 is 1.99 bits per heavy atom. The normalized spacial score (nSPS) is 12.0. The van der Waals surface area contributed by atoms with Crippen molar-refractivity contribution in [1.82, 2.24) is 14.1 Å². The van der Waals surface area contributed by atoms with Gasteiger partial charge in [0.15, 0.2) is 5.58 Å². The molecule has 4 heterocycles. The van der Waals surface area contributed by atoms with Gasteiger partial charge in [0.2, 0.25) is 0 Å². The zero-order valence-electron chi connectivity index (χ0n) is 39.3. The Hall–Kier alpha value is -8.80. The van der Waals surface area contributed by atoms with Gasteiger partial charge in [-0.2, -0.15) is 0 Å². The zero-order chi connectivity index (χ0) is 46.9. The fraction of sp³-hybridized carbons (Fsp3) is 0.0769. The second-order valence-electron chi connectivity index (χ2n) is 19.4. The standard InChI is InChI=1S/C65H48N4O/c1-65(2,3)49-23-15-22-48(38-49)52-27-16-26-51(46-20-8-5-9-21-46)64(52)68-42-67(58-29-12-13-30-59(58)68)50-24-14-17-43(36-50)35-44-31-33-54-53-25-10-11-28-57(53)69(60(54)37-44)63-40-56-55-39-47(45-18-6-4-7-19-45)32-34-61(55)70-62(56)41-66-63/h4-34,36-41H,35H2,1-3H3. The molecule has 0 aliphatic carbocycles. The van der Waals surface area contributed by atoms with Crippen LogP contribution in [0.5, 0.6) is 0 Å². The molecule has 4 aromatic heterocycles. The Morgan fingerprint density at radius 2 is 1.16 bits per heavy atom. The summed E-state index contributed by atoms with van der Waals surface area (Å²) in [6, 6.07) is 78.6. The smallest absolute Gasteiger partial charge is 0.269 e. The molecule has 5 heteroatoms. The van der Waals surface area contributed by atoms with Crippen LogP contribution in [-0.4, -0.2) is 14.1 Å². The maximum atomic E-state index is 6.35. The summed E-state index contributed by atoms with van der Waals surface area (Å²) in [4.78, 5) is 5.05. The van der Waals surface area contributed by atoms with Gasteiger partial charge in [0.25, 0.3) is 6.33 Å². The van der Waals surface area contributed by atoms with Crippen LogP contribution in [0.4, 0.5) is 0 Å². The predicted octanol–water partition coefficient (Wildman–Crippen LogP) is 16.0. The second kappa shape index (κ2) is 16.5. The number of benzene rings is 9. The average molecular weight is 901 g/mol. The van der Waals surface area contributed by atoms with E-state index in [4.69, 9.17) is 9.40 Å². The first-order valence-electron chi connectivity index (χ1n) is 24.1. The number of imidazole rings is 1. The minimum atomic E-state index is 0.00831. The van der Waals surface area contributed by atoms with Crippen molar-refractivity contribution in [2.45, 2.75) is 32.6 Å². The molecule has 13 rings (SSSR count). The summed E-state index contributed by atoms with van der Waals surface area (Å²) in [5, 5.41) is 4.50. The molecule has 0 aliphatic heterocycles. The fourth-order valence-electron chi connectivity index (χ4n) is 10.5. The Bertz CT molecular complexity index is 4130. The van der Waals surface area contributed by atoms with E-state index in [1.807, 2.05) is 6.20 Å². The molecule has 0 radical (unpaired) electrons. The van der Waals surface area contributed by atoms with Crippen molar-refractivity contribution in [2.75, 3.05) is 0 Å². The van der Waals surface area contributed by atoms with E-state index in [9.17, 15) is 0 Å². The molecule has 9 aromatic carbocycles. The van der Waals surface area contributed by atoms with Gasteiger partial charge in [-0.25, -0.2) is 4.98 Å². The Morgan fingerprint density at radius 1 is 0.486 bits per heavy atom. The van der Waals surface area contributed by atoms with Gasteiger partial charge in [0.1, 0.15) is 11.4 Å². The Balaban J connectivity index is 0.909. The number of nitrogens with zero attached hydrogens (tertiary/aromatic N) is 4. The molecule has 5 nitrogen and oxygen atoms in total. The van der Waals surface area contributed by atoms with E-state index >= 15 is 0 Å². The quantitative estimate of drug-likeness (QED) is 0.113. The highest BCUT2D eigenvalue weighted by Gasteiger charge is 2.22. The van der Waals surface area contributed by atoms with E-state index in [2.05, 4.69) is 259 Å². The summed E-state index contributed by atoms with van der Waals surface area (Å²) in [6.45, 7) is 6.83. The van der Waals surface area contributed by atoms with Gasteiger partial charge in [0, 0.05) is 21.5 Å². The first-order chi connectivity index (χ1) is 34.3. The molecule has 0 unspecified atom stereocenters. The lowest BCUT2D eigenvalue weighted by molar-refractivity contribution is -0.571. The number of fused-ring (bicyclic) bond motifs is 7. The third-order valence-corrected chi connectivity index (χ3v) is 13.9. The van der Waals surface area contributed by atoms with Gasteiger partial charge in [-0.05, 0) is 104 Å². The Kier molecular flexibility index (Phi) is 9.74. The molecule has 0 spiro atoms. The van der Waals surface area contributed by atoms with Crippen molar-refractivity contribution >= 4 is 54.8 Å². The van der Waals surface area contributed by atoms with Crippen molar-refractivity contribution in [1.29, 1.82) is 0 Å². The van der Waals surface area contributed by atoms with Gasteiger partial charge in [-0.3, -0.25) is 13.7 Å². The number of para-hydroxylation sites is 4. The van der Waals surface area contributed by atoms with E-state index in [1.54, 1.807) is 0 Å². The number of hydrogen-bond acceptors (Lipinski definition) is 2. The van der Waals surface area contributed by atoms with Crippen LogP contribution in [0.2, 0.25) is 0 Å². The summed E-state index contributed by atoms with van der Waals surface area (Å²) in [5.74, 6) is 0.855. The van der Waals surface area contributed by atoms with Crippen molar-refractivity contribution in [2.24, 2.45) is 0 Å². The van der Waals surface area contributed by atoms with E-state index in [1.165, 1.54) is 38.6 Å². The second-order valence-corrected chi connectivity index (χ2v) is 19.4. The molecular weight excluding hydrogens is 853 g/mol. The molecule has 0 amide bonds. The molecule has 0 aliphatic rings. The summed E-state index contributed by atoms with van der Waals surface area (Å²) in [6.07, 6.45) is 6.51. The number of aromatic nitrogens is 4. The average Bonchev–Trinajstić information content (AvgIpc) is 4.08. The maximum absolute atomic E-state index is 6.35. The minimum absolute atomic E-state index is 0.00831. The van der Waals surface area contributed by atoms with Crippen LogP contribution in [0.15, 0.2) is 229 Å². The fourth-order valence-corrected chi connectivity index (χ4v) is 10.5. The molecule has 0 saturated carbocycles. The lowest BCUT2D eigenvalue weighted by Gasteiger charge is -2.21. The number of rotatable bonds is 8. The lowest BCUT2D eigenvalue weighted by atomic mass is 9.85. The van der Waals surface area contributed by atoms with E-state index in [0.717, 1.165) is 89.9 Å². The van der Waals surface area contributed by atoms with Gasteiger partial charge in [-0.15, -0.1) is 0 Å². The number of furan rings is 1. The van der Waals surface area contributed by atoms with Crippen LogP contribution in [0.3, 0.4) is 0 Å². The van der Waals surface area contributed by atoms with E-state index < -0.39 is 0 Å². The third kappa shape index (κ3) is 7.09. The van der Waals surface area contributed by atoms with Crippen LogP contribution < -0.4 is 4.57 Å². The van der Waals surface area contributed by atoms with Crippen LogP contribution in [0, 0.1) is 6.33 Å². The SMILES string of the molecule is CC(C)(C)c1cccc(-c2cccc(-c3ccccc3)c2-[n+]2[c-]n(-c3cccc(Cc4ccc5c6ccccc6n(-c6cc7c(cn6)oc6ccc(-c8ccccc8)cc67)c5c4)c3)c3ccccc32)c1. The van der Waals surface area contributed by atoms with Crippen LogP contribution in [0.1, 0.15) is 37.5 Å². The molecule has 0 saturated heterocycles. The highest BCUT2D eigenvalue weighted by Crippen LogP contribution is 2.39. The van der Waals surface area contributed by atoms with E-state index in [0.29, 0.717) is 0 Å². The first-order valence-corrected chi connectivity index (χ1v) is 24.1. The minimum Gasteiger partial charge on any atom is -0.454 e. The molecule has 70 heavy (non-hydrogen) atoms. The highest BCUT2D eigenvalue weighted by molar-refractivity contribution is 6.10. The molecule has 13 aromatic rings. The molecule has 0 N–H and O–H groups in total. The van der Waals surface area contributed by atoms with Crippen molar-refractivity contribution in [3.63, 3.8) is 0 Å². The van der Waals surface area contributed by atoms with Crippen molar-refractivity contribution < 1.29 is 8.98 Å². The third-order valence-electron chi connectivity index (χ3n) is 13.9. The lowest BCUT2D eigenvalue weighted by Crippen LogP contribution is -2.31. The van der Waals surface area contributed by atoms with Gasteiger partial charge in [0.05, 0.1) is 39.6 Å². The number of pyridine rings is 1. The van der Waals surface area contributed by atoms with Crippen molar-refractivity contribution in [3.8, 4) is 50.6 Å². The van der Waals surface area contributed by atoms with Gasteiger partial charge in [-0.1, -0.05) is 197 Å². The number of hydrogen-bond donors (Lipinski definition) is 0. The van der Waals surface area contributed by atoms with E-state index in [-0.39, 0.29) is 5.41 Å². The topological polar surface area (TPSA) is 39.8 Å². The van der Waals surface area contributed by atoms with Crippen molar-refractivity contribution in [3.05, 3.63) is 248 Å². The van der Waals surface area contributed by atoms with Crippen LogP contribution in [-0.2, 0) is 11.8 Å². The summed E-state index contributed by atoms with van der Waals surface area (Å²) >= 11 is 0. The molecule has 334 valence electrons. The monoisotopic (exact) mass is 900 g/mol. The largest absolute Gasteiger partial charge is 0.454 e. The summed E-state index contributed by atoms with van der Waals surface area (Å²) in [5.41, 5.74) is 18.9. The van der Waals surface area contributed by atoms with Crippen LogP contribution >= 0.6 is 0 Å². The predicted molar refractivity (Wildman–Crippen MR) is 287 cm³/mol.